The fraction of sp³-hybridized carbons (Fsp3) is 0.588. The Morgan fingerprint density at radius 2 is 1.88 bits per heavy atom. The van der Waals surface area contributed by atoms with E-state index < -0.39 is 28.5 Å². The predicted octanol–water partition coefficient (Wildman–Crippen LogP) is 2.13. The van der Waals surface area contributed by atoms with Crippen molar-refractivity contribution in [3.63, 3.8) is 0 Å². The van der Waals surface area contributed by atoms with Crippen LogP contribution in [-0.2, 0) is 23.1 Å². The molecule has 140 valence electrons. The van der Waals surface area contributed by atoms with Gasteiger partial charge in [-0.25, -0.2) is 0 Å². The molecule has 3 aliphatic rings. The number of benzene rings is 1. The Bertz CT molecular complexity index is 893. The maximum absolute atomic E-state index is 12.8. The van der Waals surface area contributed by atoms with E-state index in [1.807, 2.05) is 12.1 Å². The maximum atomic E-state index is 12.8. The van der Waals surface area contributed by atoms with Crippen molar-refractivity contribution in [2.75, 3.05) is 13.1 Å². The van der Waals surface area contributed by atoms with Crippen molar-refractivity contribution >= 4 is 10.2 Å². The lowest BCUT2D eigenvalue weighted by molar-refractivity contribution is -0.136. The van der Waals surface area contributed by atoms with Crippen LogP contribution in [0.4, 0.5) is 13.2 Å². The summed E-state index contributed by atoms with van der Waals surface area (Å²) in [4.78, 5) is 0. The monoisotopic (exact) mass is 385 g/mol. The standard InChI is InChI=1S/C17H18F3N3O2S/c18-17(19,20)10-23-9-16(22-26(23,24)25)14-3-4-15(16)7-13-5-11(8-21)1-2-12(13)6-14/h1-2,5,14-15,22H,3-4,6-7,9-10H2/t14-,15+,16+/m0/s1. The topological polar surface area (TPSA) is 73.2 Å². The summed E-state index contributed by atoms with van der Waals surface area (Å²) in [7, 11) is -4.16. The first kappa shape index (κ1) is 17.8. The van der Waals surface area contributed by atoms with Crippen LogP contribution in [0, 0.1) is 23.2 Å². The molecule has 1 aromatic carbocycles. The van der Waals surface area contributed by atoms with E-state index in [0.29, 0.717) is 22.7 Å². The van der Waals surface area contributed by atoms with Gasteiger partial charge in [-0.2, -0.15) is 35.9 Å². The molecule has 4 rings (SSSR count). The molecule has 0 amide bonds. The van der Waals surface area contributed by atoms with Gasteiger partial charge in [0.2, 0.25) is 0 Å². The molecule has 1 aromatic rings. The lowest BCUT2D eigenvalue weighted by atomic mass is 9.79. The van der Waals surface area contributed by atoms with Gasteiger partial charge in [0.05, 0.1) is 17.2 Å². The summed E-state index contributed by atoms with van der Waals surface area (Å²) < 4.78 is 66.4. The number of nitrogens with zero attached hydrogens (tertiary/aromatic N) is 2. The van der Waals surface area contributed by atoms with Crippen molar-refractivity contribution in [3.8, 4) is 6.07 Å². The lowest BCUT2D eigenvalue weighted by Crippen LogP contribution is -2.52. The fourth-order valence-electron chi connectivity index (χ4n) is 4.91. The van der Waals surface area contributed by atoms with Gasteiger partial charge < -0.3 is 0 Å². The summed E-state index contributed by atoms with van der Waals surface area (Å²) in [6.45, 7) is -1.61. The summed E-state index contributed by atoms with van der Waals surface area (Å²) in [5.41, 5.74) is 1.74. The van der Waals surface area contributed by atoms with E-state index >= 15 is 0 Å². The van der Waals surface area contributed by atoms with E-state index in [4.69, 9.17) is 5.26 Å². The first-order chi connectivity index (χ1) is 12.1. The molecule has 0 unspecified atom stereocenters. The quantitative estimate of drug-likeness (QED) is 0.805. The number of alkyl halides is 3. The average molecular weight is 385 g/mol. The molecule has 26 heavy (non-hydrogen) atoms. The van der Waals surface area contributed by atoms with Crippen molar-refractivity contribution < 1.29 is 21.6 Å². The Morgan fingerprint density at radius 1 is 1.23 bits per heavy atom. The number of rotatable bonds is 1. The molecule has 2 fully saturated rings. The Morgan fingerprint density at radius 3 is 2.50 bits per heavy atom. The number of nitrogens with one attached hydrogen (secondary N) is 1. The van der Waals surface area contributed by atoms with Crippen LogP contribution in [0.25, 0.3) is 0 Å². The van der Waals surface area contributed by atoms with E-state index in [0.717, 1.165) is 24.0 Å². The van der Waals surface area contributed by atoms with Crippen LogP contribution in [0.5, 0.6) is 0 Å². The van der Waals surface area contributed by atoms with Crippen LogP contribution in [0.3, 0.4) is 0 Å². The third-order valence-electron chi connectivity index (χ3n) is 6.04. The minimum atomic E-state index is -4.57. The normalized spacial score (nSPS) is 33.0. The highest BCUT2D eigenvalue weighted by Gasteiger charge is 2.60. The molecule has 0 radical (unpaired) electrons. The number of hydrogen-bond donors (Lipinski definition) is 1. The first-order valence-corrected chi connectivity index (χ1v) is 9.95. The second kappa shape index (κ2) is 5.68. The van der Waals surface area contributed by atoms with Gasteiger partial charge in [0, 0.05) is 6.54 Å². The van der Waals surface area contributed by atoms with Gasteiger partial charge in [0.15, 0.2) is 0 Å². The van der Waals surface area contributed by atoms with E-state index in [9.17, 15) is 21.6 Å². The van der Waals surface area contributed by atoms with Crippen LogP contribution < -0.4 is 4.72 Å². The largest absolute Gasteiger partial charge is 0.402 e. The molecule has 5 nitrogen and oxygen atoms in total. The number of halogens is 3. The average Bonchev–Trinajstić information content (AvgIpc) is 2.91. The highest BCUT2D eigenvalue weighted by atomic mass is 32.2. The van der Waals surface area contributed by atoms with Crippen molar-refractivity contribution in [3.05, 3.63) is 34.9 Å². The summed E-state index contributed by atoms with van der Waals surface area (Å²) in [5.74, 6) is -0.120. The molecule has 2 aliphatic carbocycles. The third-order valence-corrected chi connectivity index (χ3v) is 7.62. The minimum Gasteiger partial charge on any atom is -0.195 e. The van der Waals surface area contributed by atoms with Gasteiger partial charge in [0.25, 0.3) is 10.2 Å². The van der Waals surface area contributed by atoms with Crippen LogP contribution in [0.2, 0.25) is 0 Å². The Hall–Kier alpha value is -1.63. The molecular formula is C17H18F3N3O2S. The molecule has 1 N–H and O–H groups in total. The van der Waals surface area contributed by atoms with Crippen molar-refractivity contribution in [1.82, 2.24) is 9.03 Å². The summed E-state index contributed by atoms with van der Waals surface area (Å²) in [5, 5.41) is 9.10. The number of hydrogen-bond acceptors (Lipinski definition) is 3. The fourth-order valence-corrected chi connectivity index (χ4v) is 6.62. The zero-order valence-electron chi connectivity index (χ0n) is 13.9. The first-order valence-electron chi connectivity index (χ1n) is 8.51. The second-order valence-electron chi connectivity index (χ2n) is 7.51. The second-order valence-corrected chi connectivity index (χ2v) is 9.18. The van der Waals surface area contributed by atoms with E-state index in [1.54, 1.807) is 6.07 Å². The molecule has 3 atom stereocenters. The van der Waals surface area contributed by atoms with Crippen LogP contribution >= 0.6 is 0 Å². The minimum absolute atomic E-state index is 0.0466. The molecule has 1 saturated carbocycles. The molecule has 2 bridgehead atoms. The van der Waals surface area contributed by atoms with E-state index in [2.05, 4.69) is 10.8 Å². The van der Waals surface area contributed by atoms with Gasteiger partial charge in [-0.05, 0) is 60.8 Å². The van der Waals surface area contributed by atoms with Crippen LogP contribution in [0.15, 0.2) is 18.2 Å². The van der Waals surface area contributed by atoms with E-state index in [-0.39, 0.29) is 18.4 Å². The van der Waals surface area contributed by atoms with Crippen molar-refractivity contribution in [2.45, 2.75) is 37.4 Å². The Labute approximate surface area is 150 Å². The van der Waals surface area contributed by atoms with E-state index in [1.165, 1.54) is 0 Å². The summed E-state index contributed by atoms with van der Waals surface area (Å²) in [6, 6.07) is 7.55. The van der Waals surface area contributed by atoms with Gasteiger partial charge >= 0.3 is 6.18 Å². The molecule has 1 aliphatic heterocycles. The summed E-state index contributed by atoms with van der Waals surface area (Å²) >= 11 is 0. The lowest BCUT2D eigenvalue weighted by Gasteiger charge is -2.33. The molecule has 1 heterocycles. The third kappa shape index (κ3) is 2.80. The molecule has 1 spiro atoms. The smallest absolute Gasteiger partial charge is 0.195 e. The van der Waals surface area contributed by atoms with Gasteiger partial charge in [-0.3, -0.25) is 0 Å². The highest BCUT2D eigenvalue weighted by Crippen LogP contribution is 2.50. The van der Waals surface area contributed by atoms with Gasteiger partial charge in [-0.1, -0.05) is 6.07 Å². The molecule has 9 heteroatoms. The zero-order valence-corrected chi connectivity index (χ0v) is 14.7. The van der Waals surface area contributed by atoms with Gasteiger partial charge in [-0.15, -0.1) is 0 Å². The van der Waals surface area contributed by atoms with Crippen molar-refractivity contribution in [1.29, 1.82) is 5.26 Å². The number of nitriles is 1. The highest BCUT2D eigenvalue weighted by molar-refractivity contribution is 7.87. The molecule has 0 aromatic heterocycles. The SMILES string of the molecule is N#Cc1ccc2c(c1)C[C@H]1CC[C@@H](C2)[C@]12CN(CC(F)(F)F)S(=O)(=O)N2. The van der Waals surface area contributed by atoms with Crippen LogP contribution in [0.1, 0.15) is 29.5 Å². The molecular weight excluding hydrogens is 367 g/mol. The van der Waals surface area contributed by atoms with Crippen LogP contribution in [-0.4, -0.2) is 37.5 Å². The Kier molecular flexibility index (Phi) is 3.88. The number of fused-ring (bicyclic) bond motifs is 1. The zero-order chi connectivity index (χ0) is 18.7. The van der Waals surface area contributed by atoms with Crippen molar-refractivity contribution in [2.24, 2.45) is 11.8 Å². The summed E-state index contributed by atoms with van der Waals surface area (Å²) in [6.07, 6.45) is -1.84. The molecule has 1 saturated heterocycles. The van der Waals surface area contributed by atoms with Gasteiger partial charge in [0.1, 0.15) is 6.54 Å². The maximum Gasteiger partial charge on any atom is 0.402 e. The Balaban J connectivity index is 1.70. The predicted molar refractivity (Wildman–Crippen MR) is 87.2 cm³/mol.